The standard InChI is InChI=1S/C14H24O/c1-3-4-5-6-13-7-9-14(10-8-13)12(2)11-15/h11,13-14H,2-10H2,1H3. The minimum Gasteiger partial charge on any atom is -0.298 e. The maximum absolute atomic E-state index is 10.6. The summed E-state index contributed by atoms with van der Waals surface area (Å²) in [6.45, 7) is 6.08. The average molecular weight is 208 g/mol. The van der Waals surface area contributed by atoms with Crippen molar-refractivity contribution < 1.29 is 4.79 Å². The van der Waals surface area contributed by atoms with Crippen LogP contribution in [0, 0.1) is 11.8 Å². The largest absolute Gasteiger partial charge is 0.298 e. The summed E-state index contributed by atoms with van der Waals surface area (Å²) in [5.74, 6) is 1.41. The molecule has 0 N–H and O–H groups in total. The Hall–Kier alpha value is -0.590. The van der Waals surface area contributed by atoms with Crippen LogP contribution in [-0.2, 0) is 4.79 Å². The van der Waals surface area contributed by atoms with E-state index in [0.717, 1.165) is 17.8 Å². The van der Waals surface area contributed by atoms with E-state index in [9.17, 15) is 4.79 Å². The van der Waals surface area contributed by atoms with E-state index >= 15 is 0 Å². The number of aldehydes is 1. The first kappa shape index (κ1) is 12.5. The molecule has 0 unspecified atom stereocenters. The Bertz CT molecular complexity index is 199. The Kier molecular flexibility index (Phi) is 5.67. The molecule has 15 heavy (non-hydrogen) atoms. The zero-order valence-corrected chi connectivity index (χ0v) is 10.0. The molecule has 0 atom stereocenters. The first-order valence-electron chi connectivity index (χ1n) is 6.41. The monoisotopic (exact) mass is 208 g/mol. The van der Waals surface area contributed by atoms with Gasteiger partial charge in [-0.1, -0.05) is 39.2 Å². The molecule has 1 aliphatic rings. The molecular formula is C14H24O. The van der Waals surface area contributed by atoms with Gasteiger partial charge in [0, 0.05) is 0 Å². The van der Waals surface area contributed by atoms with Crippen molar-refractivity contribution in [2.75, 3.05) is 0 Å². The van der Waals surface area contributed by atoms with Crippen LogP contribution < -0.4 is 0 Å². The lowest BCUT2D eigenvalue weighted by molar-refractivity contribution is -0.105. The molecule has 0 heterocycles. The van der Waals surface area contributed by atoms with Gasteiger partial charge < -0.3 is 0 Å². The molecule has 0 aromatic heterocycles. The quantitative estimate of drug-likeness (QED) is 0.364. The third-order valence-electron chi connectivity index (χ3n) is 3.74. The van der Waals surface area contributed by atoms with E-state index in [1.165, 1.54) is 51.4 Å². The first-order valence-corrected chi connectivity index (χ1v) is 6.41. The molecule has 0 aliphatic heterocycles. The predicted octanol–water partition coefficient (Wildman–Crippen LogP) is 4.13. The highest BCUT2D eigenvalue weighted by molar-refractivity contribution is 5.72. The van der Waals surface area contributed by atoms with Crippen molar-refractivity contribution in [3.05, 3.63) is 12.2 Å². The fraction of sp³-hybridized carbons (Fsp3) is 0.786. The molecule has 0 radical (unpaired) electrons. The molecule has 1 heteroatoms. The first-order chi connectivity index (χ1) is 7.27. The lowest BCUT2D eigenvalue weighted by Crippen LogP contribution is -2.16. The van der Waals surface area contributed by atoms with Gasteiger partial charge in [0.25, 0.3) is 0 Å². The van der Waals surface area contributed by atoms with Crippen LogP contribution in [0.1, 0.15) is 58.3 Å². The molecule has 1 aliphatic carbocycles. The average Bonchev–Trinajstić information content (AvgIpc) is 2.29. The number of allylic oxidation sites excluding steroid dienone is 1. The number of hydrogen-bond acceptors (Lipinski definition) is 1. The minimum atomic E-state index is 0.491. The molecule has 0 aromatic rings. The summed E-state index contributed by atoms with van der Waals surface area (Å²) in [5, 5.41) is 0. The normalized spacial score (nSPS) is 26.2. The maximum Gasteiger partial charge on any atom is 0.145 e. The topological polar surface area (TPSA) is 17.1 Å². The van der Waals surface area contributed by atoms with Gasteiger partial charge in [0.05, 0.1) is 0 Å². The zero-order chi connectivity index (χ0) is 11.1. The van der Waals surface area contributed by atoms with E-state index < -0.39 is 0 Å². The van der Waals surface area contributed by atoms with Gasteiger partial charge in [-0.25, -0.2) is 0 Å². The van der Waals surface area contributed by atoms with E-state index in [1.807, 2.05) is 0 Å². The fourth-order valence-corrected chi connectivity index (χ4v) is 2.60. The Labute approximate surface area is 93.9 Å². The number of carbonyl (C=O) groups is 1. The molecule has 1 saturated carbocycles. The van der Waals surface area contributed by atoms with Gasteiger partial charge in [-0.15, -0.1) is 0 Å². The summed E-state index contributed by atoms with van der Waals surface area (Å²) >= 11 is 0. The highest BCUT2D eigenvalue weighted by Gasteiger charge is 2.22. The molecule has 0 aromatic carbocycles. The lowest BCUT2D eigenvalue weighted by atomic mass is 9.77. The molecule has 86 valence electrons. The third-order valence-corrected chi connectivity index (χ3v) is 3.74. The van der Waals surface area contributed by atoms with Gasteiger partial charge in [0.15, 0.2) is 0 Å². The van der Waals surface area contributed by atoms with Gasteiger partial charge in [-0.05, 0) is 43.1 Å². The second-order valence-corrected chi connectivity index (χ2v) is 4.91. The van der Waals surface area contributed by atoms with Gasteiger partial charge in [-0.2, -0.15) is 0 Å². The van der Waals surface area contributed by atoms with E-state index in [0.29, 0.717) is 5.92 Å². The Morgan fingerprint density at radius 2 is 1.93 bits per heavy atom. The second-order valence-electron chi connectivity index (χ2n) is 4.91. The fourth-order valence-electron chi connectivity index (χ4n) is 2.60. The minimum absolute atomic E-state index is 0.491. The summed E-state index contributed by atoms with van der Waals surface area (Å²) in [7, 11) is 0. The second kappa shape index (κ2) is 6.81. The molecule has 1 nitrogen and oxygen atoms in total. The summed E-state index contributed by atoms with van der Waals surface area (Å²) in [5.41, 5.74) is 0.821. The van der Waals surface area contributed by atoms with Crippen molar-refractivity contribution in [3.8, 4) is 0 Å². The Morgan fingerprint density at radius 1 is 1.27 bits per heavy atom. The van der Waals surface area contributed by atoms with Crippen molar-refractivity contribution >= 4 is 6.29 Å². The molecular weight excluding hydrogens is 184 g/mol. The Balaban J connectivity index is 2.18. The zero-order valence-electron chi connectivity index (χ0n) is 10.0. The summed E-state index contributed by atoms with van der Waals surface area (Å²) < 4.78 is 0. The summed E-state index contributed by atoms with van der Waals surface area (Å²) in [4.78, 5) is 10.6. The van der Waals surface area contributed by atoms with Crippen LogP contribution in [0.15, 0.2) is 12.2 Å². The molecule has 0 saturated heterocycles. The number of hydrogen-bond donors (Lipinski definition) is 0. The smallest absolute Gasteiger partial charge is 0.145 e. The maximum atomic E-state index is 10.6. The molecule has 0 amide bonds. The van der Waals surface area contributed by atoms with Crippen molar-refractivity contribution in [3.63, 3.8) is 0 Å². The number of carbonyl (C=O) groups excluding carboxylic acids is 1. The van der Waals surface area contributed by atoms with Gasteiger partial charge in [-0.3, -0.25) is 4.79 Å². The summed E-state index contributed by atoms with van der Waals surface area (Å²) in [6.07, 6.45) is 11.4. The molecule has 1 rings (SSSR count). The van der Waals surface area contributed by atoms with Gasteiger partial charge in [0.1, 0.15) is 6.29 Å². The van der Waals surface area contributed by atoms with Crippen LogP contribution in [0.2, 0.25) is 0 Å². The predicted molar refractivity (Wildman–Crippen MR) is 64.8 cm³/mol. The van der Waals surface area contributed by atoms with Crippen LogP contribution in [0.25, 0.3) is 0 Å². The SMILES string of the molecule is C=C(C=O)C1CCC(CCCCC)CC1. The lowest BCUT2D eigenvalue weighted by Gasteiger charge is -2.28. The van der Waals surface area contributed by atoms with Crippen LogP contribution in [-0.4, -0.2) is 6.29 Å². The van der Waals surface area contributed by atoms with Crippen molar-refractivity contribution in [1.29, 1.82) is 0 Å². The number of unbranched alkanes of at least 4 members (excludes halogenated alkanes) is 2. The van der Waals surface area contributed by atoms with Crippen molar-refractivity contribution in [2.45, 2.75) is 58.3 Å². The Morgan fingerprint density at radius 3 is 2.47 bits per heavy atom. The van der Waals surface area contributed by atoms with Crippen molar-refractivity contribution in [2.24, 2.45) is 11.8 Å². The molecule has 0 spiro atoms. The third kappa shape index (κ3) is 4.19. The van der Waals surface area contributed by atoms with Gasteiger partial charge in [0.2, 0.25) is 0 Å². The van der Waals surface area contributed by atoms with E-state index in [-0.39, 0.29) is 0 Å². The molecule has 0 bridgehead atoms. The van der Waals surface area contributed by atoms with Crippen LogP contribution in [0.3, 0.4) is 0 Å². The molecule has 1 fully saturated rings. The highest BCUT2D eigenvalue weighted by atomic mass is 16.1. The van der Waals surface area contributed by atoms with E-state index in [1.54, 1.807) is 0 Å². The van der Waals surface area contributed by atoms with Gasteiger partial charge >= 0.3 is 0 Å². The highest BCUT2D eigenvalue weighted by Crippen LogP contribution is 2.34. The van der Waals surface area contributed by atoms with E-state index in [2.05, 4.69) is 13.5 Å². The number of rotatable bonds is 6. The van der Waals surface area contributed by atoms with Crippen molar-refractivity contribution in [1.82, 2.24) is 0 Å². The van der Waals surface area contributed by atoms with E-state index in [4.69, 9.17) is 0 Å². The summed E-state index contributed by atoms with van der Waals surface area (Å²) in [6, 6.07) is 0. The van der Waals surface area contributed by atoms with Crippen LogP contribution in [0.5, 0.6) is 0 Å². The van der Waals surface area contributed by atoms with Crippen LogP contribution >= 0.6 is 0 Å². The van der Waals surface area contributed by atoms with Crippen LogP contribution in [0.4, 0.5) is 0 Å².